The highest BCUT2D eigenvalue weighted by molar-refractivity contribution is 5.82. The third kappa shape index (κ3) is 2.65. The molecule has 1 aliphatic rings. The molecule has 0 bridgehead atoms. The Hall–Kier alpha value is -2.50. The van der Waals surface area contributed by atoms with Crippen molar-refractivity contribution in [2.45, 2.75) is 38.8 Å². The van der Waals surface area contributed by atoms with Gasteiger partial charge in [0, 0.05) is 12.6 Å². The molecule has 118 valence electrons. The zero-order chi connectivity index (χ0) is 15.6. The van der Waals surface area contributed by atoms with Crippen molar-refractivity contribution in [3.63, 3.8) is 0 Å². The third-order valence-corrected chi connectivity index (χ3v) is 4.53. The first-order valence-electron chi connectivity index (χ1n) is 8.17. The van der Waals surface area contributed by atoms with Crippen LogP contribution in [0.5, 0.6) is 0 Å². The maximum atomic E-state index is 4.50. The standard InChI is InChI=1S/C17H20N6/c1-13-7-5-6-10-22(13)16-15-17(19-12-18-16)23(21-20-15)11-14-8-3-2-4-9-14/h2-4,8-9,12-13H,5-7,10-11H2,1H3. The minimum atomic E-state index is 0.487. The molecule has 4 rings (SSSR count). The summed E-state index contributed by atoms with van der Waals surface area (Å²) in [6.07, 6.45) is 5.31. The molecular formula is C17H20N6. The van der Waals surface area contributed by atoms with Gasteiger partial charge in [0.1, 0.15) is 6.33 Å². The van der Waals surface area contributed by atoms with Crippen molar-refractivity contribution in [2.75, 3.05) is 11.4 Å². The number of hydrogen-bond donors (Lipinski definition) is 0. The van der Waals surface area contributed by atoms with Gasteiger partial charge in [0.05, 0.1) is 6.54 Å². The number of piperidine rings is 1. The summed E-state index contributed by atoms with van der Waals surface area (Å²) in [5.74, 6) is 0.918. The fraction of sp³-hybridized carbons (Fsp3) is 0.412. The van der Waals surface area contributed by atoms with Crippen LogP contribution in [0.2, 0.25) is 0 Å². The van der Waals surface area contributed by atoms with E-state index in [2.05, 4.69) is 44.2 Å². The molecule has 3 heterocycles. The summed E-state index contributed by atoms with van der Waals surface area (Å²) < 4.78 is 1.85. The van der Waals surface area contributed by atoms with Gasteiger partial charge in [-0.25, -0.2) is 14.6 Å². The van der Waals surface area contributed by atoms with E-state index in [0.29, 0.717) is 12.6 Å². The van der Waals surface area contributed by atoms with Crippen molar-refractivity contribution < 1.29 is 0 Å². The fourth-order valence-corrected chi connectivity index (χ4v) is 3.27. The highest BCUT2D eigenvalue weighted by atomic mass is 15.4. The van der Waals surface area contributed by atoms with Crippen LogP contribution in [0.1, 0.15) is 31.7 Å². The minimum absolute atomic E-state index is 0.487. The van der Waals surface area contributed by atoms with Crippen LogP contribution < -0.4 is 4.90 Å². The zero-order valence-corrected chi connectivity index (χ0v) is 13.3. The van der Waals surface area contributed by atoms with Crippen molar-refractivity contribution in [3.05, 3.63) is 42.2 Å². The Morgan fingerprint density at radius 3 is 2.83 bits per heavy atom. The highest BCUT2D eigenvalue weighted by Crippen LogP contribution is 2.27. The van der Waals surface area contributed by atoms with E-state index in [-0.39, 0.29) is 0 Å². The molecule has 1 unspecified atom stereocenters. The van der Waals surface area contributed by atoms with Crippen LogP contribution in [0.4, 0.5) is 5.82 Å². The molecule has 1 saturated heterocycles. The second-order valence-electron chi connectivity index (χ2n) is 6.14. The van der Waals surface area contributed by atoms with Crippen molar-refractivity contribution >= 4 is 17.0 Å². The lowest BCUT2D eigenvalue weighted by atomic mass is 10.0. The Labute approximate surface area is 135 Å². The Balaban J connectivity index is 1.71. The normalized spacial score (nSPS) is 18.5. The van der Waals surface area contributed by atoms with E-state index >= 15 is 0 Å². The molecule has 1 fully saturated rings. The number of nitrogens with zero attached hydrogens (tertiary/aromatic N) is 6. The number of fused-ring (bicyclic) bond motifs is 1. The summed E-state index contributed by atoms with van der Waals surface area (Å²) in [7, 11) is 0. The number of anilines is 1. The molecular weight excluding hydrogens is 288 g/mol. The monoisotopic (exact) mass is 308 g/mol. The van der Waals surface area contributed by atoms with E-state index in [1.54, 1.807) is 6.33 Å². The molecule has 0 amide bonds. The molecule has 0 saturated carbocycles. The molecule has 0 radical (unpaired) electrons. The van der Waals surface area contributed by atoms with Crippen molar-refractivity contribution in [1.82, 2.24) is 25.0 Å². The number of rotatable bonds is 3. The molecule has 2 aromatic heterocycles. The summed E-state index contributed by atoms with van der Waals surface area (Å²) in [6.45, 7) is 3.95. The van der Waals surface area contributed by atoms with Gasteiger partial charge in [-0.3, -0.25) is 0 Å². The molecule has 23 heavy (non-hydrogen) atoms. The first kappa shape index (κ1) is 14.1. The smallest absolute Gasteiger partial charge is 0.184 e. The first-order chi connectivity index (χ1) is 11.3. The van der Waals surface area contributed by atoms with E-state index in [4.69, 9.17) is 0 Å². The van der Waals surface area contributed by atoms with E-state index < -0.39 is 0 Å². The van der Waals surface area contributed by atoms with Crippen LogP contribution in [0, 0.1) is 0 Å². The molecule has 0 spiro atoms. The lowest BCUT2D eigenvalue weighted by molar-refractivity contribution is 0.482. The maximum Gasteiger partial charge on any atom is 0.184 e. The van der Waals surface area contributed by atoms with Gasteiger partial charge in [-0.15, -0.1) is 5.10 Å². The van der Waals surface area contributed by atoms with Crippen LogP contribution in [0.3, 0.4) is 0 Å². The Kier molecular flexibility index (Phi) is 3.65. The SMILES string of the molecule is CC1CCCCN1c1ncnc2c1nnn2Cc1ccccc1. The topological polar surface area (TPSA) is 59.7 Å². The molecule has 6 heteroatoms. The van der Waals surface area contributed by atoms with Gasteiger partial charge in [-0.2, -0.15) is 0 Å². The van der Waals surface area contributed by atoms with Crippen LogP contribution in [0.15, 0.2) is 36.7 Å². The quantitative estimate of drug-likeness (QED) is 0.744. The van der Waals surface area contributed by atoms with Gasteiger partial charge >= 0.3 is 0 Å². The molecule has 1 atom stereocenters. The zero-order valence-electron chi connectivity index (χ0n) is 13.3. The fourth-order valence-electron chi connectivity index (χ4n) is 3.27. The van der Waals surface area contributed by atoms with E-state index in [1.807, 2.05) is 22.9 Å². The Morgan fingerprint density at radius 2 is 2.00 bits per heavy atom. The van der Waals surface area contributed by atoms with Crippen LogP contribution in [-0.4, -0.2) is 37.5 Å². The predicted molar refractivity (Wildman–Crippen MR) is 89.3 cm³/mol. The van der Waals surface area contributed by atoms with Crippen molar-refractivity contribution in [3.8, 4) is 0 Å². The molecule has 1 aliphatic heterocycles. The third-order valence-electron chi connectivity index (χ3n) is 4.53. The Morgan fingerprint density at radius 1 is 1.13 bits per heavy atom. The van der Waals surface area contributed by atoms with Gasteiger partial charge in [0.25, 0.3) is 0 Å². The summed E-state index contributed by atoms with van der Waals surface area (Å²) in [4.78, 5) is 11.3. The summed E-state index contributed by atoms with van der Waals surface area (Å²) in [5.41, 5.74) is 2.79. The van der Waals surface area contributed by atoms with Gasteiger partial charge in [-0.05, 0) is 31.7 Å². The van der Waals surface area contributed by atoms with Crippen molar-refractivity contribution in [2.24, 2.45) is 0 Å². The molecule has 0 aliphatic carbocycles. The number of benzene rings is 1. The lowest BCUT2D eigenvalue weighted by Crippen LogP contribution is -2.38. The summed E-state index contributed by atoms with van der Waals surface area (Å²) in [5, 5.41) is 8.68. The van der Waals surface area contributed by atoms with Gasteiger partial charge in [-0.1, -0.05) is 35.5 Å². The van der Waals surface area contributed by atoms with E-state index in [1.165, 1.54) is 24.8 Å². The average Bonchev–Trinajstić information content (AvgIpc) is 3.00. The number of hydrogen-bond acceptors (Lipinski definition) is 5. The largest absolute Gasteiger partial charge is 0.352 e. The summed E-state index contributed by atoms with van der Waals surface area (Å²) in [6, 6.07) is 10.7. The lowest BCUT2D eigenvalue weighted by Gasteiger charge is -2.34. The van der Waals surface area contributed by atoms with Gasteiger partial charge < -0.3 is 4.90 Å². The van der Waals surface area contributed by atoms with E-state index in [0.717, 1.165) is 23.5 Å². The van der Waals surface area contributed by atoms with Crippen LogP contribution >= 0.6 is 0 Å². The second kappa shape index (κ2) is 5.95. The van der Waals surface area contributed by atoms with Crippen molar-refractivity contribution in [1.29, 1.82) is 0 Å². The highest BCUT2D eigenvalue weighted by Gasteiger charge is 2.23. The second-order valence-corrected chi connectivity index (χ2v) is 6.14. The molecule has 1 aromatic carbocycles. The van der Waals surface area contributed by atoms with Crippen LogP contribution in [-0.2, 0) is 6.54 Å². The van der Waals surface area contributed by atoms with Gasteiger partial charge in [0.2, 0.25) is 0 Å². The molecule has 0 N–H and O–H groups in total. The van der Waals surface area contributed by atoms with Crippen LogP contribution in [0.25, 0.3) is 11.2 Å². The molecule has 6 nitrogen and oxygen atoms in total. The molecule has 3 aromatic rings. The van der Waals surface area contributed by atoms with E-state index in [9.17, 15) is 0 Å². The van der Waals surface area contributed by atoms with Gasteiger partial charge in [0.15, 0.2) is 17.0 Å². The first-order valence-corrected chi connectivity index (χ1v) is 8.17. The maximum absolute atomic E-state index is 4.50. The Bertz CT molecular complexity index is 797. The average molecular weight is 308 g/mol. The predicted octanol–water partition coefficient (Wildman–Crippen LogP) is 2.65. The minimum Gasteiger partial charge on any atom is -0.352 e. The summed E-state index contributed by atoms with van der Waals surface area (Å²) >= 11 is 0. The number of aromatic nitrogens is 5.